The van der Waals surface area contributed by atoms with E-state index in [4.69, 9.17) is 0 Å². The summed E-state index contributed by atoms with van der Waals surface area (Å²) in [5, 5.41) is 12.1. The van der Waals surface area contributed by atoms with Crippen LogP contribution in [0.15, 0.2) is 48.5 Å². The smallest absolute Gasteiger partial charge is 0.246 e. The molecule has 1 amide bonds. The van der Waals surface area contributed by atoms with Crippen molar-refractivity contribution in [2.75, 3.05) is 5.32 Å². The third-order valence-electron chi connectivity index (χ3n) is 4.07. The van der Waals surface area contributed by atoms with Crippen molar-refractivity contribution in [2.24, 2.45) is 5.92 Å². The number of carbonyl (C=O) groups excluding carboxylic acids is 1. The van der Waals surface area contributed by atoms with E-state index >= 15 is 0 Å². The monoisotopic (exact) mass is 306 g/mol. The first-order valence-corrected chi connectivity index (χ1v) is 7.12. The minimum atomic E-state index is -1.03. The number of anilines is 1. The van der Waals surface area contributed by atoms with Crippen molar-refractivity contribution in [3.8, 4) is 6.07 Å². The summed E-state index contributed by atoms with van der Waals surface area (Å²) in [4.78, 5) is 16.6. The van der Waals surface area contributed by atoms with Gasteiger partial charge in [-0.05, 0) is 18.2 Å². The second-order valence-electron chi connectivity index (χ2n) is 5.36. The molecule has 2 heterocycles. The van der Waals surface area contributed by atoms with E-state index in [0.29, 0.717) is 17.0 Å². The number of para-hydroxylation sites is 2. The van der Waals surface area contributed by atoms with Gasteiger partial charge in [-0.1, -0.05) is 30.3 Å². The lowest BCUT2D eigenvalue weighted by atomic mass is 9.91. The molecule has 0 aliphatic carbocycles. The lowest BCUT2D eigenvalue weighted by Gasteiger charge is -2.30. The fraction of sp³-hybridized carbons (Fsp3) is 0.118. The fourth-order valence-electron chi connectivity index (χ4n) is 3.06. The van der Waals surface area contributed by atoms with E-state index in [1.54, 1.807) is 22.8 Å². The molecule has 4 rings (SSSR count). The number of imidazole rings is 1. The molecule has 0 radical (unpaired) electrons. The Morgan fingerprint density at radius 2 is 1.91 bits per heavy atom. The van der Waals surface area contributed by atoms with Crippen molar-refractivity contribution in [3.63, 3.8) is 0 Å². The van der Waals surface area contributed by atoms with E-state index in [1.165, 1.54) is 6.07 Å². The van der Waals surface area contributed by atoms with E-state index < -0.39 is 23.7 Å². The summed E-state index contributed by atoms with van der Waals surface area (Å²) in [6, 6.07) is 14.8. The van der Waals surface area contributed by atoms with Crippen LogP contribution in [0.5, 0.6) is 0 Å². The highest BCUT2D eigenvalue weighted by atomic mass is 19.1. The van der Waals surface area contributed by atoms with Crippen molar-refractivity contribution in [1.82, 2.24) is 9.55 Å². The molecular weight excluding hydrogens is 295 g/mol. The van der Waals surface area contributed by atoms with Gasteiger partial charge < -0.3 is 4.57 Å². The Bertz CT molecular complexity index is 972. The van der Waals surface area contributed by atoms with E-state index in [-0.39, 0.29) is 0 Å². The number of nitrogens with one attached hydrogen (secondary N) is 1. The number of nitriles is 1. The lowest BCUT2D eigenvalue weighted by molar-refractivity contribution is -0.119. The van der Waals surface area contributed by atoms with Gasteiger partial charge in [0, 0.05) is 5.56 Å². The largest absolute Gasteiger partial charge is 0.300 e. The van der Waals surface area contributed by atoms with Crippen LogP contribution in [0.25, 0.3) is 11.0 Å². The number of hydrogen-bond donors (Lipinski definition) is 1. The average Bonchev–Trinajstić information content (AvgIpc) is 2.92. The first-order valence-electron chi connectivity index (χ1n) is 7.12. The maximum Gasteiger partial charge on any atom is 0.246 e. The van der Waals surface area contributed by atoms with Gasteiger partial charge in [-0.15, -0.1) is 0 Å². The third kappa shape index (κ3) is 1.90. The van der Waals surface area contributed by atoms with Crippen LogP contribution in [0.4, 0.5) is 10.3 Å². The molecule has 6 heteroatoms. The molecule has 112 valence electrons. The third-order valence-corrected chi connectivity index (χ3v) is 4.07. The zero-order valence-corrected chi connectivity index (χ0v) is 11.9. The maximum atomic E-state index is 14.3. The Morgan fingerprint density at radius 3 is 2.70 bits per heavy atom. The first kappa shape index (κ1) is 13.5. The maximum absolute atomic E-state index is 14.3. The average molecular weight is 306 g/mol. The van der Waals surface area contributed by atoms with Gasteiger partial charge in [-0.3, -0.25) is 10.1 Å². The quantitative estimate of drug-likeness (QED) is 0.751. The summed E-state index contributed by atoms with van der Waals surface area (Å²) in [5.41, 5.74) is 1.73. The lowest BCUT2D eigenvalue weighted by Crippen LogP contribution is -2.37. The van der Waals surface area contributed by atoms with Gasteiger partial charge in [0.15, 0.2) is 5.92 Å². The van der Waals surface area contributed by atoms with Crippen molar-refractivity contribution < 1.29 is 9.18 Å². The van der Waals surface area contributed by atoms with E-state index in [2.05, 4.69) is 10.3 Å². The number of hydrogen-bond acceptors (Lipinski definition) is 3. The van der Waals surface area contributed by atoms with Crippen LogP contribution in [-0.2, 0) is 4.79 Å². The Kier molecular flexibility index (Phi) is 2.88. The van der Waals surface area contributed by atoms with Gasteiger partial charge in [0.25, 0.3) is 0 Å². The molecule has 1 aliphatic rings. The molecule has 1 aromatic heterocycles. The zero-order valence-electron chi connectivity index (χ0n) is 11.9. The minimum absolute atomic E-state index is 0.304. The molecule has 3 aromatic rings. The molecule has 1 N–H and O–H groups in total. The fourth-order valence-corrected chi connectivity index (χ4v) is 3.06. The molecule has 2 atom stereocenters. The summed E-state index contributed by atoms with van der Waals surface area (Å²) >= 11 is 0. The molecule has 0 bridgehead atoms. The van der Waals surface area contributed by atoms with Gasteiger partial charge in [0.2, 0.25) is 11.9 Å². The summed E-state index contributed by atoms with van der Waals surface area (Å²) in [6.07, 6.45) is 0. The molecule has 23 heavy (non-hydrogen) atoms. The molecule has 1 aliphatic heterocycles. The molecule has 0 saturated heterocycles. The van der Waals surface area contributed by atoms with Crippen molar-refractivity contribution in [2.45, 2.75) is 6.04 Å². The normalized spacial score (nSPS) is 19.9. The zero-order chi connectivity index (χ0) is 16.0. The van der Waals surface area contributed by atoms with Crippen LogP contribution < -0.4 is 5.32 Å². The molecule has 0 spiro atoms. The van der Waals surface area contributed by atoms with Gasteiger partial charge >= 0.3 is 0 Å². The number of benzene rings is 2. The molecule has 0 fully saturated rings. The standard InChI is InChI=1S/C17H11FN4O/c18-12-6-2-1-5-10(12)15-11(9-19)16(23)21-17-20-13-7-3-4-8-14(13)22(15)17/h1-8,11,15H,(H,20,21,23)/t11-,15-/m0/s1. The van der Waals surface area contributed by atoms with Crippen LogP contribution in [0.2, 0.25) is 0 Å². The summed E-state index contributed by atoms with van der Waals surface area (Å²) < 4.78 is 16.1. The van der Waals surface area contributed by atoms with Crippen molar-refractivity contribution in [3.05, 3.63) is 59.9 Å². The number of fused-ring (bicyclic) bond motifs is 3. The van der Waals surface area contributed by atoms with E-state index in [1.807, 2.05) is 30.3 Å². The Hall–Kier alpha value is -3.20. The highest BCUT2D eigenvalue weighted by Gasteiger charge is 2.39. The van der Waals surface area contributed by atoms with Gasteiger partial charge in [0.05, 0.1) is 23.1 Å². The second kappa shape index (κ2) is 4.92. The number of halogens is 1. The molecule has 0 unspecified atom stereocenters. The molecule has 2 aromatic carbocycles. The number of aromatic nitrogens is 2. The number of amides is 1. The predicted molar refractivity (Wildman–Crippen MR) is 82.0 cm³/mol. The predicted octanol–water partition coefficient (Wildman–Crippen LogP) is 2.86. The number of nitrogens with zero attached hydrogens (tertiary/aromatic N) is 3. The van der Waals surface area contributed by atoms with Gasteiger partial charge in [-0.2, -0.15) is 5.26 Å². The van der Waals surface area contributed by atoms with E-state index in [0.717, 1.165) is 5.52 Å². The molecule has 5 nitrogen and oxygen atoms in total. The first-order chi connectivity index (χ1) is 11.2. The summed E-state index contributed by atoms with van der Waals surface area (Å²) in [5.74, 6) is -1.62. The number of rotatable bonds is 1. The minimum Gasteiger partial charge on any atom is -0.300 e. The Morgan fingerprint density at radius 1 is 1.17 bits per heavy atom. The van der Waals surface area contributed by atoms with Crippen molar-refractivity contribution in [1.29, 1.82) is 5.26 Å². The van der Waals surface area contributed by atoms with Crippen LogP contribution >= 0.6 is 0 Å². The topological polar surface area (TPSA) is 70.7 Å². The highest BCUT2D eigenvalue weighted by Crippen LogP contribution is 2.38. The second-order valence-corrected chi connectivity index (χ2v) is 5.36. The number of carbonyl (C=O) groups is 1. The van der Waals surface area contributed by atoms with E-state index in [9.17, 15) is 14.4 Å². The van der Waals surface area contributed by atoms with Crippen molar-refractivity contribution >= 4 is 22.9 Å². The van der Waals surface area contributed by atoms with Crippen LogP contribution in [0, 0.1) is 23.1 Å². The summed E-state index contributed by atoms with van der Waals surface area (Å²) in [7, 11) is 0. The summed E-state index contributed by atoms with van der Waals surface area (Å²) in [6.45, 7) is 0. The Balaban J connectivity index is 2.05. The van der Waals surface area contributed by atoms with Crippen LogP contribution in [0.1, 0.15) is 11.6 Å². The van der Waals surface area contributed by atoms with Gasteiger partial charge in [-0.25, -0.2) is 9.37 Å². The molecule has 0 saturated carbocycles. The highest BCUT2D eigenvalue weighted by molar-refractivity contribution is 5.97. The van der Waals surface area contributed by atoms with Crippen LogP contribution in [-0.4, -0.2) is 15.5 Å². The van der Waals surface area contributed by atoms with Crippen LogP contribution in [0.3, 0.4) is 0 Å². The Labute approximate surface area is 131 Å². The van der Waals surface area contributed by atoms with Gasteiger partial charge in [0.1, 0.15) is 5.82 Å². The molecular formula is C17H11FN4O. The SMILES string of the molecule is N#C[C@@H]1C(=O)Nc2nc3ccccc3n2[C@H]1c1ccccc1F.